The number of sulfonamides is 1. The zero-order valence-corrected chi connectivity index (χ0v) is 13.8. The van der Waals surface area contributed by atoms with Crippen molar-refractivity contribution in [3.05, 3.63) is 11.5 Å². The number of piperidine rings is 1. The summed E-state index contributed by atoms with van der Waals surface area (Å²) in [5.74, 6) is 1.52. The molecule has 0 aromatic carbocycles. The van der Waals surface area contributed by atoms with Crippen LogP contribution in [0.1, 0.15) is 50.5 Å². The third-order valence-electron chi connectivity index (χ3n) is 5.22. The molecule has 0 radical (unpaired) electrons. The summed E-state index contributed by atoms with van der Waals surface area (Å²) >= 11 is 0. The van der Waals surface area contributed by atoms with Crippen LogP contribution in [0.5, 0.6) is 0 Å². The standard InChI is InChI=1S/C15H24N2O3S/c1-10-8-9-17(14-7-5-4-6-13(10)14)21(18,19)15-11(2)16-20-12(15)3/h10,13-14H,4-9H2,1-3H3/t10-,13+,14-/m0/s1. The highest BCUT2D eigenvalue weighted by molar-refractivity contribution is 7.89. The molecule has 0 bridgehead atoms. The third-order valence-corrected chi connectivity index (χ3v) is 7.39. The van der Waals surface area contributed by atoms with Gasteiger partial charge in [0.2, 0.25) is 10.0 Å². The van der Waals surface area contributed by atoms with Gasteiger partial charge in [-0.3, -0.25) is 0 Å². The zero-order chi connectivity index (χ0) is 15.2. The molecule has 6 heteroatoms. The first kappa shape index (κ1) is 15.0. The Labute approximate surface area is 126 Å². The molecule has 1 aromatic rings. The Hall–Kier alpha value is -0.880. The Morgan fingerprint density at radius 2 is 1.90 bits per heavy atom. The minimum atomic E-state index is -3.50. The molecule has 1 aliphatic carbocycles. The molecule has 1 saturated heterocycles. The molecule has 3 rings (SSSR count). The van der Waals surface area contributed by atoms with E-state index < -0.39 is 10.0 Å². The van der Waals surface area contributed by atoms with E-state index in [0.717, 1.165) is 25.7 Å². The molecule has 0 amide bonds. The molecular weight excluding hydrogens is 288 g/mol. The number of hydrogen-bond donors (Lipinski definition) is 0. The van der Waals surface area contributed by atoms with Crippen LogP contribution in [0, 0.1) is 25.7 Å². The zero-order valence-electron chi connectivity index (χ0n) is 13.0. The number of fused-ring (bicyclic) bond motifs is 1. The van der Waals surface area contributed by atoms with Crippen LogP contribution >= 0.6 is 0 Å². The molecular formula is C15H24N2O3S. The fourth-order valence-electron chi connectivity index (χ4n) is 4.13. The number of aromatic nitrogens is 1. The van der Waals surface area contributed by atoms with Gasteiger partial charge in [0, 0.05) is 12.6 Å². The minimum Gasteiger partial charge on any atom is -0.360 e. The lowest BCUT2D eigenvalue weighted by Crippen LogP contribution is -2.52. The summed E-state index contributed by atoms with van der Waals surface area (Å²) in [6, 6.07) is 0.154. The maximum atomic E-state index is 13.1. The lowest BCUT2D eigenvalue weighted by Gasteiger charge is -2.46. The SMILES string of the molecule is Cc1noc(C)c1S(=O)(=O)N1CC[C@H](C)[C@H]2CCCC[C@@H]21. The van der Waals surface area contributed by atoms with Crippen molar-refractivity contribution in [3.8, 4) is 0 Å². The topological polar surface area (TPSA) is 63.4 Å². The van der Waals surface area contributed by atoms with E-state index in [2.05, 4.69) is 12.1 Å². The molecule has 21 heavy (non-hydrogen) atoms. The van der Waals surface area contributed by atoms with Gasteiger partial charge in [-0.2, -0.15) is 4.31 Å². The fraction of sp³-hybridized carbons (Fsp3) is 0.800. The molecule has 1 aromatic heterocycles. The van der Waals surface area contributed by atoms with E-state index in [0.29, 0.717) is 29.8 Å². The number of rotatable bonds is 2. The molecule has 1 aliphatic heterocycles. The summed E-state index contributed by atoms with van der Waals surface area (Å²) < 4.78 is 33.0. The number of aryl methyl sites for hydroxylation is 2. The van der Waals surface area contributed by atoms with Crippen LogP contribution in [0.15, 0.2) is 9.42 Å². The van der Waals surface area contributed by atoms with Gasteiger partial charge in [-0.15, -0.1) is 0 Å². The van der Waals surface area contributed by atoms with Crippen LogP contribution < -0.4 is 0 Å². The smallest absolute Gasteiger partial charge is 0.248 e. The van der Waals surface area contributed by atoms with Crippen LogP contribution in [0.2, 0.25) is 0 Å². The molecule has 118 valence electrons. The monoisotopic (exact) mass is 312 g/mol. The second kappa shape index (κ2) is 5.39. The van der Waals surface area contributed by atoms with Gasteiger partial charge in [0.15, 0.2) is 5.76 Å². The maximum Gasteiger partial charge on any atom is 0.248 e. The van der Waals surface area contributed by atoms with Gasteiger partial charge in [-0.1, -0.05) is 24.9 Å². The van der Waals surface area contributed by atoms with E-state index in [1.807, 2.05) is 0 Å². The summed E-state index contributed by atoms with van der Waals surface area (Å²) in [4.78, 5) is 0.279. The van der Waals surface area contributed by atoms with Gasteiger partial charge in [0.05, 0.1) is 0 Å². The highest BCUT2D eigenvalue weighted by Crippen LogP contribution is 2.41. The van der Waals surface area contributed by atoms with Gasteiger partial charge < -0.3 is 4.52 Å². The van der Waals surface area contributed by atoms with Gasteiger partial charge in [-0.05, 0) is 44.9 Å². The molecule has 3 atom stereocenters. The molecule has 0 unspecified atom stereocenters. The average Bonchev–Trinajstić information content (AvgIpc) is 2.79. The predicted octanol–water partition coefficient (Wildman–Crippen LogP) is 2.88. The normalized spacial score (nSPS) is 31.1. The van der Waals surface area contributed by atoms with Gasteiger partial charge >= 0.3 is 0 Å². The van der Waals surface area contributed by atoms with E-state index in [1.165, 1.54) is 6.42 Å². The number of nitrogens with zero attached hydrogens (tertiary/aromatic N) is 2. The van der Waals surface area contributed by atoms with Crippen molar-refractivity contribution >= 4 is 10.0 Å². The van der Waals surface area contributed by atoms with Crippen LogP contribution in [-0.2, 0) is 10.0 Å². The van der Waals surface area contributed by atoms with Gasteiger partial charge in [0.1, 0.15) is 10.6 Å². The molecule has 2 aliphatic rings. The summed E-state index contributed by atoms with van der Waals surface area (Å²) in [5.41, 5.74) is 0.471. The Morgan fingerprint density at radius 3 is 2.57 bits per heavy atom. The Balaban J connectivity index is 1.98. The highest BCUT2D eigenvalue weighted by atomic mass is 32.2. The van der Waals surface area contributed by atoms with Crippen LogP contribution in [-0.4, -0.2) is 30.5 Å². The molecule has 5 nitrogen and oxygen atoms in total. The molecule has 0 spiro atoms. The van der Waals surface area contributed by atoms with E-state index >= 15 is 0 Å². The Bertz CT molecular complexity index is 603. The predicted molar refractivity (Wildman–Crippen MR) is 79.4 cm³/mol. The van der Waals surface area contributed by atoms with Crippen molar-refractivity contribution in [1.82, 2.24) is 9.46 Å². The van der Waals surface area contributed by atoms with E-state index in [1.54, 1.807) is 18.2 Å². The first-order chi connectivity index (χ1) is 9.93. The minimum absolute atomic E-state index is 0.154. The summed E-state index contributed by atoms with van der Waals surface area (Å²) in [5, 5.41) is 3.82. The average molecular weight is 312 g/mol. The number of hydrogen-bond acceptors (Lipinski definition) is 4. The Kier molecular flexibility index (Phi) is 3.86. The van der Waals surface area contributed by atoms with Crippen molar-refractivity contribution in [2.24, 2.45) is 11.8 Å². The third kappa shape index (κ3) is 2.42. The Morgan fingerprint density at radius 1 is 1.19 bits per heavy atom. The lowest BCUT2D eigenvalue weighted by atomic mass is 9.74. The van der Waals surface area contributed by atoms with Crippen molar-refractivity contribution in [2.75, 3.05) is 6.54 Å². The molecule has 0 N–H and O–H groups in total. The van der Waals surface area contributed by atoms with E-state index in [9.17, 15) is 8.42 Å². The fourth-order valence-corrected chi connectivity index (χ4v) is 6.14. The van der Waals surface area contributed by atoms with Gasteiger partial charge in [0.25, 0.3) is 0 Å². The molecule has 2 heterocycles. The second-order valence-electron chi connectivity index (χ2n) is 6.55. The van der Waals surface area contributed by atoms with Crippen molar-refractivity contribution in [2.45, 2.75) is 63.8 Å². The van der Waals surface area contributed by atoms with E-state index in [4.69, 9.17) is 4.52 Å². The van der Waals surface area contributed by atoms with Crippen molar-refractivity contribution in [3.63, 3.8) is 0 Å². The summed E-state index contributed by atoms with van der Waals surface area (Å²) in [6.45, 7) is 6.27. The van der Waals surface area contributed by atoms with Crippen LogP contribution in [0.3, 0.4) is 0 Å². The quantitative estimate of drug-likeness (QED) is 0.842. The first-order valence-electron chi connectivity index (χ1n) is 7.87. The highest BCUT2D eigenvalue weighted by Gasteiger charge is 2.44. The lowest BCUT2D eigenvalue weighted by molar-refractivity contribution is 0.0826. The van der Waals surface area contributed by atoms with Crippen molar-refractivity contribution in [1.29, 1.82) is 0 Å². The molecule has 1 saturated carbocycles. The largest absolute Gasteiger partial charge is 0.360 e. The maximum absolute atomic E-state index is 13.1. The summed E-state index contributed by atoms with van der Waals surface area (Å²) in [7, 11) is -3.50. The van der Waals surface area contributed by atoms with Crippen molar-refractivity contribution < 1.29 is 12.9 Å². The first-order valence-corrected chi connectivity index (χ1v) is 9.31. The van der Waals surface area contributed by atoms with Gasteiger partial charge in [-0.25, -0.2) is 8.42 Å². The summed E-state index contributed by atoms with van der Waals surface area (Å²) in [6.07, 6.45) is 5.44. The molecule has 2 fully saturated rings. The van der Waals surface area contributed by atoms with E-state index in [-0.39, 0.29) is 10.9 Å². The second-order valence-corrected chi connectivity index (χ2v) is 8.38. The van der Waals surface area contributed by atoms with Crippen LogP contribution in [0.25, 0.3) is 0 Å². The van der Waals surface area contributed by atoms with Crippen LogP contribution in [0.4, 0.5) is 0 Å².